The van der Waals surface area contributed by atoms with Crippen molar-refractivity contribution in [1.82, 2.24) is 34.2 Å². The Labute approximate surface area is 229 Å². The van der Waals surface area contributed by atoms with E-state index in [1.54, 1.807) is 0 Å². The largest absolute Gasteiger partial charge is 0.364 e. The van der Waals surface area contributed by atoms with Gasteiger partial charge in [0.2, 0.25) is 5.95 Å². The molecule has 0 unspecified atom stereocenters. The van der Waals surface area contributed by atoms with Crippen LogP contribution in [0.5, 0.6) is 0 Å². The SMILES string of the molecule is CC(C)n1cnc2c(NCc3ccccc3-n3ccc(N4CCN(C)CC4)n3)nc(N3CCC(N)CC3)nc21. The topological polar surface area (TPSA) is 109 Å². The summed E-state index contributed by atoms with van der Waals surface area (Å²) in [4.78, 5) is 21.6. The average Bonchev–Trinajstić information content (AvgIpc) is 3.61. The molecular formula is C28H39N11. The molecule has 0 bridgehead atoms. The van der Waals surface area contributed by atoms with Gasteiger partial charge in [-0.25, -0.2) is 9.67 Å². The van der Waals surface area contributed by atoms with Crippen molar-refractivity contribution < 1.29 is 0 Å². The normalized spacial score (nSPS) is 17.5. The first-order chi connectivity index (χ1) is 19.0. The minimum Gasteiger partial charge on any atom is -0.364 e. The lowest BCUT2D eigenvalue weighted by molar-refractivity contribution is 0.312. The number of aromatic nitrogens is 6. The summed E-state index contributed by atoms with van der Waals surface area (Å²) in [6, 6.07) is 11.0. The number of imidazole rings is 1. The maximum absolute atomic E-state index is 6.16. The van der Waals surface area contributed by atoms with Gasteiger partial charge in [-0.2, -0.15) is 15.1 Å². The van der Waals surface area contributed by atoms with E-state index >= 15 is 0 Å². The number of piperazine rings is 1. The molecule has 2 fully saturated rings. The van der Waals surface area contributed by atoms with Gasteiger partial charge in [-0.3, -0.25) is 0 Å². The van der Waals surface area contributed by atoms with E-state index in [0.717, 1.165) is 92.1 Å². The van der Waals surface area contributed by atoms with Gasteiger partial charge in [0.05, 0.1) is 12.0 Å². The molecule has 4 aromatic rings. The molecule has 206 valence electrons. The van der Waals surface area contributed by atoms with Gasteiger partial charge in [0, 0.05) is 70.2 Å². The summed E-state index contributed by atoms with van der Waals surface area (Å²) in [5, 5.41) is 8.53. The van der Waals surface area contributed by atoms with Crippen LogP contribution in [0.15, 0.2) is 42.9 Å². The predicted octanol–water partition coefficient (Wildman–Crippen LogP) is 2.88. The van der Waals surface area contributed by atoms with Gasteiger partial charge < -0.3 is 30.3 Å². The van der Waals surface area contributed by atoms with Crippen LogP contribution in [0.3, 0.4) is 0 Å². The van der Waals surface area contributed by atoms with Gasteiger partial charge in [-0.15, -0.1) is 0 Å². The van der Waals surface area contributed by atoms with Crippen LogP contribution >= 0.6 is 0 Å². The lowest BCUT2D eigenvalue weighted by Gasteiger charge is -2.32. The number of fused-ring (bicyclic) bond motifs is 1. The molecular weight excluding hydrogens is 490 g/mol. The number of likely N-dealkylation sites (N-methyl/N-ethyl adjacent to an activating group) is 1. The van der Waals surface area contributed by atoms with E-state index in [1.807, 2.05) is 11.0 Å². The van der Waals surface area contributed by atoms with Gasteiger partial charge >= 0.3 is 0 Å². The van der Waals surface area contributed by atoms with Crippen LogP contribution in [0, 0.1) is 0 Å². The van der Waals surface area contributed by atoms with Crippen molar-refractivity contribution in [3.05, 3.63) is 48.4 Å². The van der Waals surface area contributed by atoms with Gasteiger partial charge in [0.25, 0.3) is 0 Å². The van der Waals surface area contributed by atoms with Crippen molar-refractivity contribution in [3.63, 3.8) is 0 Å². The zero-order valence-corrected chi connectivity index (χ0v) is 23.2. The van der Waals surface area contributed by atoms with Gasteiger partial charge in [0.15, 0.2) is 22.8 Å². The number of piperidine rings is 1. The van der Waals surface area contributed by atoms with Gasteiger partial charge in [0.1, 0.15) is 0 Å². The van der Waals surface area contributed by atoms with Crippen LogP contribution in [0.1, 0.15) is 38.3 Å². The molecule has 3 N–H and O–H groups in total. The molecule has 2 aliphatic rings. The maximum Gasteiger partial charge on any atom is 0.229 e. The molecule has 5 heterocycles. The van der Waals surface area contributed by atoms with Crippen molar-refractivity contribution in [1.29, 1.82) is 0 Å². The second-order valence-electron chi connectivity index (χ2n) is 11.0. The fraction of sp³-hybridized carbons (Fsp3) is 0.500. The van der Waals surface area contributed by atoms with Crippen molar-refractivity contribution >= 4 is 28.7 Å². The van der Waals surface area contributed by atoms with Gasteiger partial charge in [-0.05, 0) is 45.4 Å². The van der Waals surface area contributed by atoms with E-state index in [-0.39, 0.29) is 12.1 Å². The average molecular weight is 530 g/mol. The zero-order chi connectivity index (χ0) is 26.9. The van der Waals surface area contributed by atoms with Crippen LogP contribution < -0.4 is 20.9 Å². The number of anilines is 3. The molecule has 0 amide bonds. The highest BCUT2D eigenvalue weighted by atomic mass is 15.4. The predicted molar refractivity (Wildman–Crippen MR) is 156 cm³/mol. The molecule has 0 spiro atoms. The molecule has 0 atom stereocenters. The van der Waals surface area contributed by atoms with Crippen molar-refractivity contribution in [2.45, 2.75) is 45.3 Å². The van der Waals surface area contributed by atoms with Crippen LogP contribution in [0.25, 0.3) is 16.9 Å². The molecule has 2 saturated heterocycles. The number of nitrogens with two attached hydrogens (primary N) is 1. The third-order valence-electron chi connectivity index (χ3n) is 7.88. The Morgan fingerprint density at radius 1 is 0.974 bits per heavy atom. The van der Waals surface area contributed by atoms with Crippen molar-refractivity contribution in [2.24, 2.45) is 5.73 Å². The van der Waals surface area contributed by atoms with Crippen molar-refractivity contribution in [3.8, 4) is 5.69 Å². The lowest BCUT2D eigenvalue weighted by atomic mass is 10.1. The van der Waals surface area contributed by atoms with Crippen LogP contribution in [-0.2, 0) is 6.54 Å². The highest BCUT2D eigenvalue weighted by Crippen LogP contribution is 2.27. The molecule has 6 rings (SSSR count). The molecule has 0 aliphatic carbocycles. The minimum atomic E-state index is 0.246. The Kier molecular flexibility index (Phi) is 7.09. The Bertz CT molecular complexity index is 1410. The number of rotatable bonds is 7. The molecule has 2 aliphatic heterocycles. The summed E-state index contributed by atoms with van der Waals surface area (Å²) >= 11 is 0. The van der Waals surface area contributed by atoms with Crippen LogP contribution in [0.2, 0.25) is 0 Å². The third-order valence-corrected chi connectivity index (χ3v) is 7.88. The van der Waals surface area contributed by atoms with E-state index in [9.17, 15) is 0 Å². The highest BCUT2D eigenvalue weighted by Gasteiger charge is 2.22. The maximum atomic E-state index is 6.16. The quantitative estimate of drug-likeness (QED) is 0.373. The standard InChI is InChI=1S/C28H39N11/c1-20(2)38-19-31-25-26(32-28(33-27(25)38)37-11-8-22(29)9-12-37)30-18-21-6-4-5-7-23(21)39-13-10-24(34-39)36-16-14-35(3)15-17-36/h4-7,10,13,19-20,22H,8-9,11-12,14-18,29H2,1-3H3,(H,30,32,33). The molecule has 11 heteroatoms. The lowest BCUT2D eigenvalue weighted by Crippen LogP contribution is -2.44. The summed E-state index contributed by atoms with van der Waals surface area (Å²) in [5.41, 5.74) is 9.98. The molecule has 39 heavy (non-hydrogen) atoms. The molecule has 11 nitrogen and oxygen atoms in total. The first-order valence-corrected chi connectivity index (χ1v) is 14.0. The fourth-order valence-corrected chi connectivity index (χ4v) is 5.36. The van der Waals surface area contributed by atoms with Gasteiger partial charge in [-0.1, -0.05) is 18.2 Å². The fourth-order valence-electron chi connectivity index (χ4n) is 5.36. The highest BCUT2D eigenvalue weighted by molar-refractivity contribution is 5.84. The first kappa shape index (κ1) is 25.6. The Balaban J connectivity index is 1.27. The first-order valence-electron chi connectivity index (χ1n) is 14.0. The molecule has 0 saturated carbocycles. The second-order valence-corrected chi connectivity index (χ2v) is 11.0. The molecule has 0 radical (unpaired) electrons. The minimum absolute atomic E-state index is 0.246. The van der Waals surface area contributed by atoms with Crippen LogP contribution in [0.4, 0.5) is 17.6 Å². The Morgan fingerprint density at radius 2 is 1.74 bits per heavy atom. The van der Waals surface area contributed by atoms with E-state index in [1.165, 1.54) is 0 Å². The molecule has 1 aromatic carbocycles. The van der Waals surface area contributed by atoms with E-state index in [2.05, 4.69) is 82.0 Å². The second kappa shape index (κ2) is 10.8. The number of para-hydroxylation sites is 1. The summed E-state index contributed by atoms with van der Waals surface area (Å²) in [6.45, 7) is 10.7. The van der Waals surface area contributed by atoms with E-state index < -0.39 is 0 Å². The summed E-state index contributed by atoms with van der Waals surface area (Å²) in [7, 11) is 2.17. The summed E-state index contributed by atoms with van der Waals surface area (Å²) in [6.07, 6.45) is 5.81. The smallest absolute Gasteiger partial charge is 0.229 e. The van der Waals surface area contributed by atoms with Crippen LogP contribution in [-0.4, -0.2) is 86.6 Å². The van der Waals surface area contributed by atoms with E-state index in [4.69, 9.17) is 25.8 Å². The zero-order valence-electron chi connectivity index (χ0n) is 23.2. The monoisotopic (exact) mass is 529 g/mol. The number of nitrogens with one attached hydrogen (secondary N) is 1. The third kappa shape index (κ3) is 5.28. The number of hydrogen-bond acceptors (Lipinski definition) is 9. The number of nitrogens with zero attached hydrogens (tertiary/aromatic N) is 9. The number of benzene rings is 1. The summed E-state index contributed by atoms with van der Waals surface area (Å²) in [5.74, 6) is 2.50. The number of hydrogen-bond donors (Lipinski definition) is 2. The van der Waals surface area contributed by atoms with Crippen molar-refractivity contribution in [2.75, 3.05) is 61.4 Å². The Morgan fingerprint density at radius 3 is 2.51 bits per heavy atom. The summed E-state index contributed by atoms with van der Waals surface area (Å²) < 4.78 is 4.09. The van der Waals surface area contributed by atoms with E-state index in [0.29, 0.717) is 6.54 Å². The molecule has 3 aromatic heterocycles. The Hall–Kier alpha value is -3.70.